The summed E-state index contributed by atoms with van der Waals surface area (Å²) in [5.41, 5.74) is 1.30. The Kier molecular flexibility index (Phi) is 3.33. The molecule has 0 fully saturated rings. The van der Waals surface area contributed by atoms with Crippen molar-refractivity contribution in [1.29, 1.82) is 0 Å². The maximum atomic E-state index is 12.6. The number of hydrogen-bond acceptors (Lipinski definition) is 1. The molecule has 0 aliphatic rings. The highest BCUT2D eigenvalue weighted by molar-refractivity contribution is 5.45. The number of rotatable bonds is 3. The van der Waals surface area contributed by atoms with E-state index in [9.17, 15) is 8.78 Å². The zero-order valence-electron chi connectivity index (χ0n) is 8.30. The van der Waals surface area contributed by atoms with E-state index in [1.165, 1.54) is 6.20 Å². The molecule has 0 aliphatic heterocycles. The molecule has 1 nitrogen and oxygen atoms in total. The normalized spacial score (nSPS) is 11.0. The Morgan fingerprint density at radius 3 is 2.43 bits per heavy atom. The van der Waals surface area contributed by atoms with Gasteiger partial charge in [-0.2, -0.15) is 0 Å². The van der Waals surface area contributed by atoms with Crippen LogP contribution in [0.1, 0.15) is 43.0 Å². The van der Waals surface area contributed by atoms with E-state index in [2.05, 4.69) is 11.6 Å². The molecule has 0 saturated heterocycles. The van der Waals surface area contributed by atoms with Crippen molar-refractivity contribution in [2.75, 3.05) is 0 Å². The number of nitrogens with zero attached hydrogens (tertiary/aromatic N) is 1. The molecule has 1 aromatic rings. The molecule has 0 N–H and O–H groups in total. The van der Waals surface area contributed by atoms with Crippen molar-refractivity contribution in [3.8, 4) is 0 Å². The van der Waals surface area contributed by atoms with Crippen molar-refractivity contribution in [3.63, 3.8) is 0 Å². The van der Waals surface area contributed by atoms with Crippen LogP contribution in [-0.2, 0) is 0 Å². The quantitative estimate of drug-likeness (QED) is 0.718. The third kappa shape index (κ3) is 2.16. The smallest absolute Gasteiger partial charge is 0.256 e. The van der Waals surface area contributed by atoms with Gasteiger partial charge in [-0.05, 0) is 23.6 Å². The van der Waals surface area contributed by atoms with Crippen LogP contribution in [0.3, 0.4) is 0 Å². The maximum absolute atomic E-state index is 12.6. The van der Waals surface area contributed by atoms with Crippen LogP contribution < -0.4 is 0 Å². The van der Waals surface area contributed by atoms with Crippen molar-refractivity contribution >= 4 is 6.08 Å². The van der Waals surface area contributed by atoms with Gasteiger partial charge in [-0.25, -0.2) is 8.78 Å². The van der Waals surface area contributed by atoms with Crippen LogP contribution >= 0.6 is 0 Å². The Balaban J connectivity index is 3.23. The molecule has 0 amide bonds. The first-order chi connectivity index (χ1) is 6.56. The molecule has 76 valence electrons. The Hall–Kier alpha value is -1.25. The van der Waals surface area contributed by atoms with E-state index in [4.69, 9.17) is 0 Å². The zero-order valence-corrected chi connectivity index (χ0v) is 8.30. The summed E-state index contributed by atoms with van der Waals surface area (Å²) in [6.07, 6.45) is 0.330. The summed E-state index contributed by atoms with van der Waals surface area (Å²) in [5, 5.41) is 0. The largest absolute Gasteiger partial charge is 0.265 e. The summed E-state index contributed by atoms with van der Waals surface area (Å²) in [4.78, 5) is 3.86. The van der Waals surface area contributed by atoms with E-state index >= 15 is 0 Å². The van der Waals surface area contributed by atoms with Crippen LogP contribution in [0.2, 0.25) is 0 Å². The average Bonchev–Trinajstić information content (AvgIpc) is 2.16. The molecule has 1 aromatic heterocycles. The zero-order chi connectivity index (χ0) is 10.7. The van der Waals surface area contributed by atoms with E-state index < -0.39 is 6.43 Å². The van der Waals surface area contributed by atoms with Gasteiger partial charge in [0.25, 0.3) is 6.43 Å². The Bertz CT molecular complexity index is 332. The van der Waals surface area contributed by atoms with Crippen molar-refractivity contribution in [3.05, 3.63) is 35.7 Å². The highest BCUT2D eigenvalue weighted by Gasteiger charge is 2.15. The fourth-order valence-corrected chi connectivity index (χ4v) is 1.29. The molecule has 0 unspecified atom stereocenters. The highest BCUT2D eigenvalue weighted by Crippen LogP contribution is 2.28. The first kappa shape index (κ1) is 10.8. The van der Waals surface area contributed by atoms with Crippen LogP contribution in [0.5, 0.6) is 0 Å². The van der Waals surface area contributed by atoms with Crippen LogP contribution in [0.25, 0.3) is 6.08 Å². The first-order valence-corrected chi connectivity index (χ1v) is 4.46. The minimum absolute atomic E-state index is 0.0191. The molecule has 0 aliphatic carbocycles. The molecule has 0 spiro atoms. The molecule has 0 radical (unpaired) electrons. The number of hydrogen-bond donors (Lipinski definition) is 0. The van der Waals surface area contributed by atoms with Crippen LogP contribution in [0.4, 0.5) is 8.78 Å². The molecule has 0 atom stereocenters. The molecule has 1 heterocycles. The lowest BCUT2D eigenvalue weighted by atomic mass is 9.98. The molecule has 0 aromatic carbocycles. The number of pyridine rings is 1. The number of alkyl halides is 2. The van der Waals surface area contributed by atoms with Crippen molar-refractivity contribution in [2.45, 2.75) is 26.2 Å². The fraction of sp³-hybridized carbons (Fsp3) is 0.364. The van der Waals surface area contributed by atoms with Crippen LogP contribution in [0, 0.1) is 0 Å². The lowest BCUT2D eigenvalue weighted by Crippen LogP contribution is -1.99. The fourth-order valence-electron chi connectivity index (χ4n) is 1.29. The minimum Gasteiger partial charge on any atom is -0.256 e. The van der Waals surface area contributed by atoms with Gasteiger partial charge in [0, 0.05) is 11.8 Å². The molecule has 3 heteroatoms. The Morgan fingerprint density at radius 2 is 2.00 bits per heavy atom. The predicted octanol–water partition coefficient (Wildman–Crippen LogP) is 3.79. The van der Waals surface area contributed by atoms with Gasteiger partial charge in [0.2, 0.25) is 0 Å². The van der Waals surface area contributed by atoms with Gasteiger partial charge in [0.05, 0.1) is 5.69 Å². The van der Waals surface area contributed by atoms with Crippen molar-refractivity contribution in [2.24, 2.45) is 0 Å². The average molecular weight is 197 g/mol. The lowest BCUT2D eigenvalue weighted by molar-refractivity contribution is 0.149. The van der Waals surface area contributed by atoms with Gasteiger partial charge in [-0.15, -0.1) is 0 Å². The van der Waals surface area contributed by atoms with E-state index in [0.29, 0.717) is 11.3 Å². The summed E-state index contributed by atoms with van der Waals surface area (Å²) in [6.45, 7) is 7.32. The molecule has 0 bridgehead atoms. The Labute approximate surface area is 82.5 Å². The minimum atomic E-state index is -2.46. The first-order valence-electron chi connectivity index (χ1n) is 4.46. The summed E-state index contributed by atoms with van der Waals surface area (Å²) in [6, 6.07) is 1.67. The van der Waals surface area contributed by atoms with Gasteiger partial charge in [0.1, 0.15) is 0 Å². The molecule has 0 saturated carbocycles. The van der Waals surface area contributed by atoms with Gasteiger partial charge in [-0.3, -0.25) is 4.98 Å². The SMILES string of the molecule is C=Cc1cc(C(C)C)c(C(F)F)cn1. The third-order valence-corrected chi connectivity index (χ3v) is 2.06. The van der Waals surface area contributed by atoms with E-state index in [1.54, 1.807) is 12.1 Å². The standard InChI is InChI=1S/C11H13F2N/c1-4-8-5-9(7(2)3)10(6-14-8)11(12)13/h4-7,11H,1H2,2-3H3. The lowest BCUT2D eigenvalue weighted by Gasteiger charge is -2.12. The second-order valence-electron chi connectivity index (χ2n) is 3.40. The Morgan fingerprint density at radius 1 is 1.36 bits per heavy atom. The number of aromatic nitrogens is 1. The van der Waals surface area contributed by atoms with Crippen molar-refractivity contribution < 1.29 is 8.78 Å². The maximum Gasteiger partial charge on any atom is 0.265 e. The molecular weight excluding hydrogens is 184 g/mol. The van der Waals surface area contributed by atoms with Gasteiger partial charge < -0.3 is 0 Å². The molecule has 1 rings (SSSR count). The number of halogens is 2. The van der Waals surface area contributed by atoms with E-state index in [1.807, 2.05) is 13.8 Å². The summed E-state index contributed by atoms with van der Waals surface area (Å²) >= 11 is 0. The van der Waals surface area contributed by atoms with Gasteiger partial charge >= 0.3 is 0 Å². The van der Waals surface area contributed by atoms with Crippen LogP contribution in [-0.4, -0.2) is 4.98 Å². The molecular formula is C11H13F2N. The highest BCUT2D eigenvalue weighted by atomic mass is 19.3. The summed E-state index contributed by atoms with van der Waals surface area (Å²) in [5.74, 6) is 0.0701. The summed E-state index contributed by atoms with van der Waals surface area (Å²) in [7, 11) is 0. The van der Waals surface area contributed by atoms with Gasteiger partial charge in [0.15, 0.2) is 0 Å². The summed E-state index contributed by atoms with van der Waals surface area (Å²) < 4.78 is 25.1. The second-order valence-corrected chi connectivity index (χ2v) is 3.40. The van der Waals surface area contributed by atoms with E-state index in [-0.39, 0.29) is 11.5 Å². The van der Waals surface area contributed by atoms with E-state index in [0.717, 1.165) is 0 Å². The van der Waals surface area contributed by atoms with Crippen molar-refractivity contribution in [1.82, 2.24) is 4.98 Å². The topological polar surface area (TPSA) is 12.9 Å². The van der Waals surface area contributed by atoms with Crippen LogP contribution in [0.15, 0.2) is 18.8 Å². The second kappa shape index (κ2) is 4.31. The third-order valence-electron chi connectivity index (χ3n) is 2.06. The molecule has 14 heavy (non-hydrogen) atoms. The monoisotopic (exact) mass is 197 g/mol. The van der Waals surface area contributed by atoms with Gasteiger partial charge in [-0.1, -0.05) is 20.4 Å². The predicted molar refractivity (Wildman–Crippen MR) is 53.4 cm³/mol.